The highest BCUT2D eigenvalue weighted by Crippen LogP contribution is 2.18. The molecule has 0 saturated carbocycles. The zero-order chi connectivity index (χ0) is 11.7. The molecule has 1 aliphatic rings. The third-order valence-corrected chi connectivity index (χ3v) is 3.37. The molecule has 1 heterocycles. The van der Waals surface area contributed by atoms with Crippen LogP contribution in [0.5, 0.6) is 0 Å². The van der Waals surface area contributed by atoms with E-state index >= 15 is 0 Å². The van der Waals surface area contributed by atoms with Crippen LogP contribution in [0.15, 0.2) is 0 Å². The maximum Gasteiger partial charge on any atom is 0.213 e. The van der Waals surface area contributed by atoms with E-state index in [2.05, 4.69) is 7.11 Å². The van der Waals surface area contributed by atoms with Crippen molar-refractivity contribution in [2.75, 3.05) is 59.7 Å². The van der Waals surface area contributed by atoms with E-state index in [9.17, 15) is 0 Å². The Bertz CT molecular complexity index is 170. The molecular weight excluding hydrogens is 206 g/mol. The van der Waals surface area contributed by atoms with Crippen LogP contribution in [0.4, 0.5) is 0 Å². The van der Waals surface area contributed by atoms with E-state index in [0.29, 0.717) is 13.2 Å². The van der Waals surface area contributed by atoms with Crippen LogP contribution in [0.25, 0.3) is 0 Å². The van der Waals surface area contributed by atoms with Gasteiger partial charge in [-0.05, 0) is 0 Å². The summed E-state index contributed by atoms with van der Waals surface area (Å²) in [6.45, 7) is 7.66. The molecule has 4 heteroatoms. The number of ether oxygens (including phenoxy) is 3. The van der Waals surface area contributed by atoms with Crippen LogP contribution in [0.2, 0.25) is 0 Å². The van der Waals surface area contributed by atoms with Crippen LogP contribution in [0.1, 0.15) is 12.8 Å². The molecule has 0 aromatic rings. The fourth-order valence-electron chi connectivity index (χ4n) is 2.33. The number of nitrogens with zero attached hydrogens (tertiary/aromatic N) is 1. The zero-order valence-electron chi connectivity index (χ0n) is 10.5. The molecule has 16 heavy (non-hydrogen) atoms. The summed E-state index contributed by atoms with van der Waals surface area (Å²) in [5.74, 6) is 0. The van der Waals surface area contributed by atoms with E-state index in [-0.39, 0.29) is 0 Å². The Morgan fingerprint density at radius 3 is 2.31 bits per heavy atom. The molecule has 1 rings (SSSR count). The van der Waals surface area contributed by atoms with E-state index < -0.39 is 0 Å². The molecular formula is C12H25NO3+2. The van der Waals surface area contributed by atoms with E-state index in [1.165, 1.54) is 30.4 Å². The molecule has 0 amide bonds. The third-order valence-electron chi connectivity index (χ3n) is 3.37. The van der Waals surface area contributed by atoms with Gasteiger partial charge in [0.05, 0.1) is 32.9 Å². The minimum atomic E-state index is 0.581. The molecule has 1 fully saturated rings. The number of rotatable bonds is 9. The number of quaternary nitrogens is 1. The SMILES string of the molecule is [CH2+]OCCOCC[N+]1(CCOC)CCCC1. The first-order valence-corrected chi connectivity index (χ1v) is 6.12. The van der Waals surface area contributed by atoms with Crippen molar-refractivity contribution in [2.24, 2.45) is 0 Å². The van der Waals surface area contributed by atoms with Gasteiger partial charge in [-0.15, -0.1) is 0 Å². The average Bonchev–Trinajstić information content (AvgIpc) is 2.76. The van der Waals surface area contributed by atoms with E-state index in [1.807, 2.05) is 0 Å². The predicted octanol–water partition coefficient (Wildman–Crippen LogP) is 1.07. The van der Waals surface area contributed by atoms with Gasteiger partial charge in [-0.25, -0.2) is 0 Å². The Balaban J connectivity index is 2.17. The lowest BCUT2D eigenvalue weighted by atomic mass is 10.4. The molecule has 0 N–H and O–H groups in total. The molecule has 0 aliphatic carbocycles. The highest BCUT2D eigenvalue weighted by atomic mass is 16.5. The lowest BCUT2D eigenvalue weighted by molar-refractivity contribution is -0.917. The Morgan fingerprint density at radius 2 is 1.69 bits per heavy atom. The van der Waals surface area contributed by atoms with Crippen LogP contribution < -0.4 is 0 Å². The summed E-state index contributed by atoms with van der Waals surface area (Å²) in [5.41, 5.74) is 0. The van der Waals surface area contributed by atoms with Gasteiger partial charge in [-0.1, -0.05) is 0 Å². The van der Waals surface area contributed by atoms with Crippen molar-refractivity contribution < 1.29 is 18.7 Å². The average molecular weight is 231 g/mol. The largest absolute Gasteiger partial charge is 0.379 e. The van der Waals surface area contributed by atoms with Gasteiger partial charge in [0.15, 0.2) is 0 Å². The van der Waals surface area contributed by atoms with Gasteiger partial charge in [-0.2, -0.15) is 4.74 Å². The number of likely N-dealkylation sites (tertiary alicyclic amines) is 1. The molecule has 94 valence electrons. The van der Waals surface area contributed by atoms with E-state index in [4.69, 9.17) is 14.2 Å². The van der Waals surface area contributed by atoms with Crippen molar-refractivity contribution in [1.82, 2.24) is 0 Å². The highest BCUT2D eigenvalue weighted by Gasteiger charge is 2.30. The first-order chi connectivity index (χ1) is 7.83. The summed E-state index contributed by atoms with van der Waals surface area (Å²) in [6.07, 6.45) is 2.68. The van der Waals surface area contributed by atoms with Crippen molar-refractivity contribution >= 4 is 0 Å². The number of hydrogen-bond acceptors (Lipinski definition) is 3. The number of methoxy groups -OCH3 is 1. The van der Waals surface area contributed by atoms with Gasteiger partial charge in [0.25, 0.3) is 0 Å². The van der Waals surface area contributed by atoms with Gasteiger partial charge < -0.3 is 14.0 Å². The predicted molar refractivity (Wildman–Crippen MR) is 63.0 cm³/mol. The summed E-state index contributed by atoms with van der Waals surface area (Å²) >= 11 is 0. The quantitative estimate of drug-likeness (QED) is 0.337. The molecule has 0 aromatic heterocycles. The highest BCUT2D eigenvalue weighted by molar-refractivity contribution is 4.55. The third kappa shape index (κ3) is 4.70. The summed E-state index contributed by atoms with van der Waals surface area (Å²) in [4.78, 5) is 0. The second kappa shape index (κ2) is 7.90. The smallest absolute Gasteiger partial charge is 0.213 e. The lowest BCUT2D eigenvalue weighted by Crippen LogP contribution is -2.49. The Labute approximate surface area is 99.1 Å². The van der Waals surface area contributed by atoms with Crippen molar-refractivity contribution in [1.29, 1.82) is 0 Å². The molecule has 4 nitrogen and oxygen atoms in total. The molecule has 0 atom stereocenters. The van der Waals surface area contributed by atoms with Gasteiger partial charge >= 0.3 is 0 Å². The van der Waals surface area contributed by atoms with Crippen LogP contribution in [0.3, 0.4) is 0 Å². The molecule has 1 aliphatic heterocycles. The topological polar surface area (TPSA) is 27.7 Å². The maximum absolute atomic E-state index is 5.52. The Kier molecular flexibility index (Phi) is 6.80. The fraction of sp³-hybridized carbons (Fsp3) is 0.917. The molecule has 0 spiro atoms. The number of hydrogen-bond donors (Lipinski definition) is 0. The van der Waals surface area contributed by atoms with Crippen LogP contribution >= 0.6 is 0 Å². The lowest BCUT2D eigenvalue weighted by Gasteiger charge is -2.33. The second-order valence-corrected chi connectivity index (χ2v) is 4.46. The minimum absolute atomic E-state index is 0.581. The molecule has 0 aromatic carbocycles. The minimum Gasteiger partial charge on any atom is -0.379 e. The van der Waals surface area contributed by atoms with Crippen molar-refractivity contribution in [3.63, 3.8) is 0 Å². The molecule has 0 bridgehead atoms. The van der Waals surface area contributed by atoms with Crippen molar-refractivity contribution in [3.8, 4) is 0 Å². The van der Waals surface area contributed by atoms with Crippen molar-refractivity contribution in [2.45, 2.75) is 12.8 Å². The summed E-state index contributed by atoms with van der Waals surface area (Å²) in [7, 11) is 5.09. The van der Waals surface area contributed by atoms with Gasteiger partial charge in [-0.3, -0.25) is 0 Å². The maximum atomic E-state index is 5.52. The zero-order valence-corrected chi connectivity index (χ0v) is 10.5. The fourth-order valence-corrected chi connectivity index (χ4v) is 2.33. The molecule has 1 saturated heterocycles. The van der Waals surface area contributed by atoms with Gasteiger partial charge in [0.1, 0.15) is 19.7 Å². The van der Waals surface area contributed by atoms with Crippen LogP contribution in [0, 0.1) is 7.11 Å². The summed E-state index contributed by atoms with van der Waals surface area (Å²) in [5, 5.41) is 0. The molecule has 0 unspecified atom stereocenters. The van der Waals surface area contributed by atoms with Crippen LogP contribution in [-0.2, 0) is 14.2 Å². The summed E-state index contributed by atoms with van der Waals surface area (Å²) in [6, 6.07) is 0. The second-order valence-electron chi connectivity index (χ2n) is 4.46. The van der Waals surface area contributed by atoms with Gasteiger partial charge in [0, 0.05) is 20.0 Å². The monoisotopic (exact) mass is 231 g/mol. The van der Waals surface area contributed by atoms with Crippen molar-refractivity contribution in [3.05, 3.63) is 7.11 Å². The molecule has 0 radical (unpaired) electrons. The Morgan fingerprint density at radius 1 is 1.00 bits per heavy atom. The first-order valence-electron chi connectivity index (χ1n) is 6.12. The van der Waals surface area contributed by atoms with E-state index in [0.717, 1.165) is 26.3 Å². The standard InChI is InChI=1S/C12H25NO3/c1-14-9-7-13(5-3-4-6-13)8-10-16-12-11-15-2/h2-12H2,1H3/q+2. The van der Waals surface area contributed by atoms with Crippen LogP contribution in [-0.4, -0.2) is 64.2 Å². The van der Waals surface area contributed by atoms with E-state index in [1.54, 1.807) is 7.11 Å². The summed E-state index contributed by atoms with van der Waals surface area (Å²) < 4.78 is 16.6. The Hall–Kier alpha value is -0.290. The van der Waals surface area contributed by atoms with Gasteiger partial charge in [0.2, 0.25) is 7.11 Å². The first kappa shape index (κ1) is 13.8. The normalized spacial score (nSPS) is 19.1.